The first-order valence-electron chi connectivity index (χ1n) is 8.05. The molecule has 1 atom stereocenters. The third-order valence-corrected chi connectivity index (χ3v) is 4.15. The number of hydrogen-bond donors (Lipinski definition) is 1. The van der Waals surface area contributed by atoms with Crippen molar-refractivity contribution >= 4 is 5.69 Å². The molecule has 1 aliphatic rings. The highest BCUT2D eigenvalue weighted by molar-refractivity contribution is 5.65. The van der Waals surface area contributed by atoms with Crippen LogP contribution in [0.3, 0.4) is 0 Å². The lowest BCUT2D eigenvalue weighted by Gasteiger charge is -2.11. The molecule has 1 fully saturated rings. The van der Waals surface area contributed by atoms with Crippen LogP contribution in [-0.2, 0) is 0 Å². The van der Waals surface area contributed by atoms with E-state index in [1.165, 1.54) is 24.0 Å². The van der Waals surface area contributed by atoms with Crippen LogP contribution in [0.1, 0.15) is 43.4 Å². The second-order valence-corrected chi connectivity index (χ2v) is 6.07. The number of anilines is 1. The molecule has 1 aromatic heterocycles. The summed E-state index contributed by atoms with van der Waals surface area (Å²) in [4.78, 5) is 4.49. The predicted molar refractivity (Wildman–Crippen MR) is 90.2 cm³/mol. The number of hydrogen-bond acceptors (Lipinski definition) is 4. The van der Waals surface area contributed by atoms with Crippen molar-refractivity contribution in [2.75, 3.05) is 5.32 Å². The maximum Gasteiger partial charge on any atom is 0.248 e. The van der Waals surface area contributed by atoms with E-state index in [0.29, 0.717) is 11.8 Å². The molecule has 0 unspecified atom stereocenters. The van der Waals surface area contributed by atoms with E-state index in [9.17, 15) is 0 Å². The van der Waals surface area contributed by atoms with Crippen molar-refractivity contribution in [3.63, 3.8) is 0 Å². The van der Waals surface area contributed by atoms with Crippen LogP contribution in [-0.4, -0.2) is 10.1 Å². The maximum atomic E-state index is 5.37. The first kappa shape index (κ1) is 14.0. The minimum absolute atomic E-state index is 0.00225. The Bertz CT molecular complexity index is 776. The van der Waals surface area contributed by atoms with Crippen LogP contribution in [0.25, 0.3) is 11.1 Å². The third kappa shape index (κ3) is 3.11. The number of nitrogens with one attached hydrogen (secondary N) is 1. The average molecular weight is 305 g/mol. The topological polar surface area (TPSA) is 51.0 Å². The Morgan fingerprint density at radius 3 is 2.39 bits per heavy atom. The van der Waals surface area contributed by atoms with E-state index in [2.05, 4.69) is 64.0 Å². The van der Waals surface area contributed by atoms with Crippen LogP contribution in [0.15, 0.2) is 59.1 Å². The van der Waals surface area contributed by atoms with Crippen LogP contribution in [0.4, 0.5) is 5.69 Å². The number of aromatic nitrogens is 2. The SMILES string of the molecule is C[C@H](Nc1ccc(-c2ccccc2)cc1)c1nc(C2CC2)no1. The van der Waals surface area contributed by atoms with Gasteiger partial charge in [0, 0.05) is 11.6 Å². The molecule has 23 heavy (non-hydrogen) atoms. The van der Waals surface area contributed by atoms with Crippen LogP contribution in [0.5, 0.6) is 0 Å². The van der Waals surface area contributed by atoms with E-state index >= 15 is 0 Å². The van der Waals surface area contributed by atoms with Gasteiger partial charge in [0.15, 0.2) is 5.82 Å². The summed E-state index contributed by atoms with van der Waals surface area (Å²) in [5.74, 6) is 2.02. The molecular formula is C19H19N3O. The summed E-state index contributed by atoms with van der Waals surface area (Å²) in [6.45, 7) is 2.04. The second kappa shape index (κ2) is 5.88. The van der Waals surface area contributed by atoms with Gasteiger partial charge in [-0.15, -0.1) is 0 Å². The predicted octanol–water partition coefficient (Wildman–Crippen LogP) is 4.79. The van der Waals surface area contributed by atoms with E-state index in [1.807, 2.05) is 13.0 Å². The van der Waals surface area contributed by atoms with Gasteiger partial charge in [-0.05, 0) is 43.0 Å². The van der Waals surface area contributed by atoms with Crippen molar-refractivity contribution in [2.45, 2.75) is 31.7 Å². The highest BCUT2D eigenvalue weighted by Crippen LogP contribution is 2.38. The summed E-state index contributed by atoms with van der Waals surface area (Å²) in [5, 5.41) is 7.48. The van der Waals surface area contributed by atoms with Crippen molar-refractivity contribution < 1.29 is 4.52 Å². The molecule has 1 aliphatic carbocycles. The molecule has 3 aromatic rings. The third-order valence-electron chi connectivity index (χ3n) is 4.15. The molecule has 2 aromatic carbocycles. The zero-order valence-corrected chi connectivity index (χ0v) is 13.1. The largest absolute Gasteiger partial charge is 0.374 e. The first-order valence-corrected chi connectivity index (χ1v) is 8.05. The normalized spacial score (nSPS) is 15.3. The molecular weight excluding hydrogens is 286 g/mol. The Balaban J connectivity index is 1.45. The van der Waals surface area contributed by atoms with Crippen molar-refractivity contribution in [1.82, 2.24) is 10.1 Å². The molecule has 4 heteroatoms. The van der Waals surface area contributed by atoms with Crippen molar-refractivity contribution in [2.24, 2.45) is 0 Å². The Morgan fingerprint density at radius 1 is 1.00 bits per heavy atom. The summed E-state index contributed by atoms with van der Waals surface area (Å²) in [6.07, 6.45) is 2.36. The zero-order valence-electron chi connectivity index (χ0n) is 13.1. The van der Waals surface area contributed by atoms with E-state index < -0.39 is 0 Å². The van der Waals surface area contributed by atoms with E-state index in [1.54, 1.807) is 0 Å². The molecule has 0 saturated heterocycles. The van der Waals surface area contributed by atoms with E-state index in [0.717, 1.165) is 11.5 Å². The summed E-state index contributed by atoms with van der Waals surface area (Å²) < 4.78 is 5.37. The van der Waals surface area contributed by atoms with Gasteiger partial charge in [-0.1, -0.05) is 47.6 Å². The van der Waals surface area contributed by atoms with Crippen LogP contribution in [0.2, 0.25) is 0 Å². The van der Waals surface area contributed by atoms with Crippen molar-refractivity contribution in [3.8, 4) is 11.1 Å². The smallest absolute Gasteiger partial charge is 0.248 e. The number of nitrogens with zero attached hydrogens (tertiary/aromatic N) is 2. The summed E-state index contributed by atoms with van der Waals surface area (Å²) in [5.41, 5.74) is 3.47. The zero-order chi connectivity index (χ0) is 15.6. The molecule has 116 valence electrons. The van der Waals surface area contributed by atoms with Gasteiger partial charge < -0.3 is 9.84 Å². The Kier molecular flexibility index (Phi) is 3.58. The molecule has 1 saturated carbocycles. The van der Waals surface area contributed by atoms with Crippen molar-refractivity contribution in [3.05, 3.63) is 66.3 Å². The van der Waals surface area contributed by atoms with Gasteiger partial charge in [-0.25, -0.2) is 0 Å². The number of benzene rings is 2. The van der Waals surface area contributed by atoms with Crippen LogP contribution in [0, 0.1) is 0 Å². The molecule has 0 aliphatic heterocycles. The van der Waals surface area contributed by atoms with Gasteiger partial charge >= 0.3 is 0 Å². The van der Waals surface area contributed by atoms with E-state index in [4.69, 9.17) is 4.52 Å². The van der Waals surface area contributed by atoms with Crippen molar-refractivity contribution in [1.29, 1.82) is 0 Å². The highest BCUT2D eigenvalue weighted by atomic mass is 16.5. The molecule has 1 heterocycles. The number of rotatable bonds is 5. The monoisotopic (exact) mass is 305 g/mol. The molecule has 0 radical (unpaired) electrons. The van der Waals surface area contributed by atoms with Gasteiger partial charge in [0.1, 0.15) is 6.04 Å². The quantitative estimate of drug-likeness (QED) is 0.736. The van der Waals surface area contributed by atoms with E-state index in [-0.39, 0.29) is 6.04 Å². The molecule has 4 rings (SSSR count). The van der Waals surface area contributed by atoms with Crippen LogP contribution >= 0.6 is 0 Å². The molecule has 4 nitrogen and oxygen atoms in total. The molecule has 0 bridgehead atoms. The average Bonchev–Trinajstić information content (AvgIpc) is 3.33. The standard InChI is InChI=1S/C19H19N3O/c1-13(19-21-18(22-23-19)16-7-8-16)20-17-11-9-15(10-12-17)14-5-3-2-4-6-14/h2-6,9-13,16,20H,7-8H2,1H3/t13-/m0/s1. The highest BCUT2D eigenvalue weighted by Gasteiger charge is 2.29. The van der Waals surface area contributed by atoms with Gasteiger partial charge in [0.25, 0.3) is 0 Å². The first-order chi connectivity index (χ1) is 11.3. The summed E-state index contributed by atoms with van der Waals surface area (Å²) >= 11 is 0. The Morgan fingerprint density at radius 2 is 1.70 bits per heavy atom. The summed E-state index contributed by atoms with van der Waals surface area (Å²) in [7, 11) is 0. The Hall–Kier alpha value is -2.62. The van der Waals surface area contributed by atoms with Gasteiger partial charge in [0.05, 0.1) is 0 Å². The van der Waals surface area contributed by atoms with Crippen LogP contribution < -0.4 is 5.32 Å². The fraction of sp³-hybridized carbons (Fsp3) is 0.263. The lowest BCUT2D eigenvalue weighted by atomic mass is 10.1. The van der Waals surface area contributed by atoms with Gasteiger partial charge in [-0.2, -0.15) is 4.98 Å². The molecule has 0 amide bonds. The lowest BCUT2D eigenvalue weighted by molar-refractivity contribution is 0.363. The second-order valence-electron chi connectivity index (χ2n) is 6.07. The fourth-order valence-electron chi connectivity index (χ4n) is 2.63. The molecule has 0 spiro atoms. The molecule has 1 N–H and O–H groups in total. The van der Waals surface area contributed by atoms with Gasteiger partial charge in [0.2, 0.25) is 5.89 Å². The lowest BCUT2D eigenvalue weighted by Crippen LogP contribution is -2.07. The van der Waals surface area contributed by atoms with Gasteiger partial charge in [-0.3, -0.25) is 0 Å². The maximum absolute atomic E-state index is 5.37. The fourth-order valence-corrected chi connectivity index (χ4v) is 2.63. The minimum Gasteiger partial charge on any atom is -0.374 e. The minimum atomic E-state index is -0.00225. The summed E-state index contributed by atoms with van der Waals surface area (Å²) in [6, 6.07) is 18.8. The Labute approximate surface area is 135 Å².